The summed E-state index contributed by atoms with van der Waals surface area (Å²) < 4.78 is 13.4. The van der Waals surface area contributed by atoms with Gasteiger partial charge in [-0.25, -0.2) is 9.37 Å². The molecule has 1 aromatic carbocycles. The first kappa shape index (κ1) is 12.6. The zero-order chi connectivity index (χ0) is 13.0. The van der Waals surface area contributed by atoms with Crippen LogP contribution in [-0.2, 0) is 0 Å². The molecule has 1 N–H and O–H groups in total. The van der Waals surface area contributed by atoms with Gasteiger partial charge in [0.1, 0.15) is 10.8 Å². The van der Waals surface area contributed by atoms with E-state index in [1.54, 1.807) is 30.5 Å². The maximum absolute atomic E-state index is 13.4. The van der Waals surface area contributed by atoms with E-state index >= 15 is 0 Å². The molecule has 18 heavy (non-hydrogen) atoms. The molecular formula is C13H11FN2OS. The average molecular weight is 262 g/mol. The lowest BCUT2D eigenvalue weighted by Gasteiger charge is -2.08. The van der Waals surface area contributed by atoms with Gasteiger partial charge < -0.3 is 5.32 Å². The summed E-state index contributed by atoms with van der Waals surface area (Å²) in [4.78, 5) is 16.1. The molecule has 0 saturated carbocycles. The van der Waals surface area contributed by atoms with Crippen molar-refractivity contribution in [1.82, 2.24) is 4.98 Å². The number of amides is 1. The molecular weight excluding hydrogens is 251 g/mol. The highest BCUT2D eigenvalue weighted by Gasteiger charge is 2.13. The Bertz CT molecular complexity index is 574. The van der Waals surface area contributed by atoms with E-state index in [0.717, 1.165) is 0 Å². The third-order valence-corrected chi connectivity index (χ3v) is 3.04. The summed E-state index contributed by atoms with van der Waals surface area (Å²) in [5, 5.41) is 3.15. The lowest BCUT2D eigenvalue weighted by molar-refractivity contribution is 0.102. The van der Waals surface area contributed by atoms with Crippen LogP contribution in [0.4, 0.5) is 10.1 Å². The minimum atomic E-state index is -0.458. The van der Waals surface area contributed by atoms with Crippen LogP contribution in [0, 0.1) is 5.82 Å². The number of para-hydroxylation sites is 1. The van der Waals surface area contributed by atoms with Crippen LogP contribution in [-0.4, -0.2) is 17.1 Å². The van der Waals surface area contributed by atoms with Crippen molar-refractivity contribution in [3.63, 3.8) is 0 Å². The van der Waals surface area contributed by atoms with E-state index in [4.69, 9.17) is 0 Å². The molecule has 92 valence electrons. The number of carbonyl (C=O) groups is 1. The van der Waals surface area contributed by atoms with Crippen molar-refractivity contribution < 1.29 is 9.18 Å². The van der Waals surface area contributed by atoms with Crippen LogP contribution in [0.3, 0.4) is 0 Å². The molecule has 1 amide bonds. The highest BCUT2D eigenvalue weighted by Crippen LogP contribution is 2.19. The van der Waals surface area contributed by atoms with Gasteiger partial charge in [-0.1, -0.05) is 12.1 Å². The zero-order valence-corrected chi connectivity index (χ0v) is 10.5. The van der Waals surface area contributed by atoms with Crippen LogP contribution in [0.5, 0.6) is 0 Å². The Kier molecular flexibility index (Phi) is 3.94. The number of pyridine rings is 1. The molecule has 1 aromatic heterocycles. The van der Waals surface area contributed by atoms with Gasteiger partial charge >= 0.3 is 0 Å². The molecule has 0 aliphatic carbocycles. The second-order valence-corrected chi connectivity index (χ2v) is 4.29. The average Bonchev–Trinajstić information content (AvgIpc) is 2.41. The van der Waals surface area contributed by atoms with E-state index in [1.165, 1.54) is 23.9 Å². The third-order valence-electron chi connectivity index (χ3n) is 2.33. The van der Waals surface area contributed by atoms with Gasteiger partial charge in [0, 0.05) is 6.20 Å². The quantitative estimate of drug-likeness (QED) is 0.864. The molecule has 0 bridgehead atoms. The summed E-state index contributed by atoms with van der Waals surface area (Å²) in [5.41, 5.74) is 0.603. The van der Waals surface area contributed by atoms with E-state index in [9.17, 15) is 9.18 Å². The summed E-state index contributed by atoms with van der Waals surface area (Å²) in [6.45, 7) is 0. The maximum atomic E-state index is 13.4. The molecule has 1 heterocycles. The summed E-state index contributed by atoms with van der Waals surface area (Å²) in [6.07, 6.45) is 3.45. The van der Waals surface area contributed by atoms with Crippen molar-refractivity contribution in [3.05, 3.63) is 54.0 Å². The molecule has 3 nitrogen and oxygen atoms in total. The number of hydrogen-bond acceptors (Lipinski definition) is 3. The number of nitrogens with one attached hydrogen (secondary N) is 1. The van der Waals surface area contributed by atoms with Gasteiger partial charge in [0.05, 0.1) is 11.3 Å². The zero-order valence-electron chi connectivity index (χ0n) is 9.68. The van der Waals surface area contributed by atoms with Crippen LogP contribution in [0.1, 0.15) is 10.4 Å². The molecule has 0 fully saturated rings. The van der Waals surface area contributed by atoms with Crippen molar-refractivity contribution in [2.75, 3.05) is 11.6 Å². The minimum Gasteiger partial charge on any atom is -0.319 e. The van der Waals surface area contributed by atoms with Crippen molar-refractivity contribution in [2.24, 2.45) is 0 Å². The van der Waals surface area contributed by atoms with Crippen LogP contribution in [0.25, 0.3) is 0 Å². The number of nitrogens with zero attached hydrogens (tertiary/aromatic N) is 1. The summed E-state index contributed by atoms with van der Waals surface area (Å²) in [6, 6.07) is 9.39. The van der Waals surface area contributed by atoms with Crippen LogP contribution < -0.4 is 5.32 Å². The Morgan fingerprint density at radius 3 is 2.78 bits per heavy atom. The lowest BCUT2D eigenvalue weighted by Crippen LogP contribution is -2.14. The SMILES string of the molecule is CSc1ncccc1C(=O)Nc1ccccc1F. The monoisotopic (exact) mass is 262 g/mol. The molecule has 0 saturated heterocycles. The van der Waals surface area contributed by atoms with Crippen LogP contribution in [0.2, 0.25) is 0 Å². The fourth-order valence-corrected chi connectivity index (χ4v) is 2.03. The minimum absolute atomic E-state index is 0.165. The van der Waals surface area contributed by atoms with Crippen molar-refractivity contribution in [2.45, 2.75) is 5.03 Å². The topological polar surface area (TPSA) is 42.0 Å². The smallest absolute Gasteiger partial charge is 0.258 e. The van der Waals surface area contributed by atoms with Gasteiger partial charge in [-0.05, 0) is 30.5 Å². The number of aromatic nitrogens is 1. The summed E-state index contributed by atoms with van der Waals surface area (Å²) in [5.74, 6) is -0.821. The summed E-state index contributed by atoms with van der Waals surface area (Å²) in [7, 11) is 0. The Balaban J connectivity index is 2.25. The van der Waals surface area contributed by atoms with Gasteiger partial charge in [-0.15, -0.1) is 11.8 Å². The van der Waals surface area contributed by atoms with E-state index in [1.807, 2.05) is 6.26 Å². The molecule has 0 atom stereocenters. The number of carbonyl (C=O) groups excluding carboxylic acids is 1. The molecule has 0 unspecified atom stereocenters. The normalized spacial score (nSPS) is 10.1. The predicted octanol–water partition coefficient (Wildman–Crippen LogP) is 3.19. The molecule has 2 rings (SSSR count). The number of anilines is 1. The molecule has 2 aromatic rings. The standard InChI is InChI=1S/C13H11FN2OS/c1-18-13-9(5-4-8-15-13)12(17)16-11-7-3-2-6-10(11)14/h2-8H,1H3,(H,16,17). The van der Waals surface area contributed by atoms with Gasteiger partial charge in [-0.2, -0.15) is 0 Å². The first-order chi connectivity index (χ1) is 8.72. The first-order valence-electron chi connectivity index (χ1n) is 5.27. The van der Waals surface area contributed by atoms with Crippen molar-refractivity contribution >= 4 is 23.4 Å². The maximum Gasteiger partial charge on any atom is 0.258 e. The first-order valence-corrected chi connectivity index (χ1v) is 6.49. The number of thioether (sulfide) groups is 1. The summed E-state index contributed by atoms with van der Waals surface area (Å²) >= 11 is 1.37. The number of hydrogen-bond donors (Lipinski definition) is 1. The van der Waals surface area contributed by atoms with E-state index in [0.29, 0.717) is 10.6 Å². The second kappa shape index (κ2) is 5.64. The van der Waals surface area contributed by atoms with Gasteiger partial charge in [0.25, 0.3) is 5.91 Å². The fraction of sp³-hybridized carbons (Fsp3) is 0.0769. The Morgan fingerprint density at radius 1 is 1.28 bits per heavy atom. The van der Waals surface area contributed by atoms with Crippen LogP contribution in [0.15, 0.2) is 47.6 Å². The largest absolute Gasteiger partial charge is 0.319 e. The van der Waals surface area contributed by atoms with Gasteiger partial charge in [0.2, 0.25) is 0 Å². The number of halogens is 1. The van der Waals surface area contributed by atoms with E-state index in [-0.39, 0.29) is 11.6 Å². The van der Waals surface area contributed by atoms with Crippen LogP contribution >= 0.6 is 11.8 Å². The van der Waals surface area contributed by atoms with E-state index in [2.05, 4.69) is 10.3 Å². The van der Waals surface area contributed by atoms with Crippen molar-refractivity contribution in [1.29, 1.82) is 0 Å². The van der Waals surface area contributed by atoms with E-state index < -0.39 is 5.82 Å². The van der Waals surface area contributed by atoms with Crippen molar-refractivity contribution in [3.8, 4) is 0 Å². The number of rotatable bonds is 3. The molecule has 0 aliphatic heterocycles. The molecule has 0 aliphatic rings. The van der Waals surface area contributed by atoms with Gasteiger partial charge in [-0.3, -0.25) is 4.79 Å². The predicted molar refractivity (Wildman–Crippen MR) is 70.4 cm³/mol. The fourth-order valence-electron chi connectivity index (χ4n) is 1.48. The molecule has 0 radical (unpaired) electrons. The molecule has 0 spiro atoms. The highest BCUT2D eigenvalue weighted by molar-refractivity contribution is 7.98. The highest BCUT2D eigenvalue weighted by atomic mass is 32.2. The Hall–Kier alpha value is -1.88. The molecule has 5 heteroatoms. The van der Waals surface area contributed by atoms with Gasteiger partial charge in [0.15, 0.2) is 0 Å². The second-order valence-electron chi connectivity index (χ2n) is 3.49. The Labute approximate surface area is 108 Å². The third kappa shape index (κ3) is 2.68. The lowest BCUT2D eigenvalue weighted by atomic mass is 10.2. The number of benzene rings is 1. The Morgan fingerprint density at radius 2 is 2.06 bits per heavy atom.